The number of fused-ring (bicyclic) bond motifs is 1. The van der Waals surface area contributed by atoms with Gasteiger partial charge in [-0.15, -0.1) is 0 Å². The third kappa shape index (κ3) is 6.24. The summed E-state index contributed by atoms with van der Waals surface area (Å²) in [6.07, 6.45) is -0.115. The Labute approximate surface area is 200 Å². The molecule has 9 heteroatoms. The van der Waals surface area contributed by atoms with E-state index in [0.717, 1.165) is 6.54 Å². The molecule has 0 radical (unpaired) electrons. The molecular formula is C25H33FN4O4. The summed E-state index contributed by atoms with van der Waals surface area (Å²) in [5.41, 5.74) is 0.873. The molecule has 3 atom stereocenters. The lowest BCUT2D eigenvalue weighted by molar-refractivity contribution is 0.0150. The minimum atomic E-state index is -0.605. The highest BCUT2D eigenvalue weighted by Crippen LogP contribution is 2.27. The molecule has 1 aliphatic rings. The number of carbonyl (C=O) groups is 2. The number of ether oxygens (including phenoxy) is 2. The number of nitrogens with one attached hydrogen (secondary N) is 2. The number of amides is 3. The fourth-order valence-corrected chi connectivity index (χ4v) is 3.88. The number of urea groups is 1. The molecular weight excluding hydrogens is 439 g/mol. The topological polar surface area (TPSA) is 83.1 Å². The maximum Gasteiger partial charge on any atom is 0.323 e. The predicted molar refractivity (Wildman–Crippen MR) is 130 cm³/mol. The van der Waals surface area contributed by atoms with Crippen LogP contribution < -0.4 is 15.4 Å². The van der Waals surface area contributed by atoms with Crippen molar-refractivity contribution in [1.82, 2.24) is 9.80 Å². The van der Waals surface area contributed by atoms with Crippen LogP contribution in [0.3, 0.4) is 0 Å². The Bertz CT molecular complexity index is 1020. The van der Waals surface area contributed by atoms with Crippen LogP contribution in [-0.2, 0) is 4.74 Å². The molecule has 0 saturated carbocycles. The van der Waals surface area contributed by atoms with Crippen molar-refractivity contribution in [3.63, 3.8) is 0 Å². The zero-order valence-corrected chi connectivity index (χ0v) is 20.3. The second-order valence-electron chi connectivity index (χ2n) is 8.81. The summed E-state index contributed by atoms with van der Waals surface area (Å²) in [4.78, 5) is 29.4. The number of carbonyl (C=O) groups excluding carboxylic acids is 2. The van der Waals surface area contributed by atoms with Crippen LogP contribution in [0.2, 0.25) is 0 Å². The maximum absolute atomic E-state index is 13.8. The smallest absolute Gasteiger partial charge is 0.323 e. The highest BCUT2D eigenvalue weighted by molar-refractivity contribution is 6.01. The Morgan fingerprint density at radius 1 is 1.12 bits per heavy atom. The third-order valence-corrected chi connectivity index (χ3v) is 6.14. The average molecular weight is 473 g/mol. The van der Waals surface area contributed by atoms with Gasteiger partial charge in [0.05, 0.1) is 17.4 Å². The molecule has 184 valence electrons. The molecule has 34 heavy (non-hydrogen) atoms. The number of nitrogens with zero attached hydrogens (tertiary/aromatic N) is 2. The van der Waals surface area contributed by atoms with Gasteiger partial charge >= 0.3 is 6.03 Å². The summed E-state index contributed by atoms with van der Waals surface area (Å²) in [6, 6.07) is 10.2. The lowest BCUT2D eigenvalue weighted by atomic mass is 10.0. The summed E-state index contributed by atoms with van der Waals surface area (Å²) in [6.45, 7) is 5.74. The Kier molecular flexibility index (Phi) is 8.46. The standard InChI is InChI=1S/C25H33FN4O4/c1-16-13-29(3)17(2)15-34-22-12-18(27-25(32)28-21-9-7-6-8-20(21)26)10-11-19(22)24(31)30(4)14-23(16)33-5/h6-12,16-17,23H,13-15H2,1-5H3,(H2,27,28,32)/t16-,17+,23-/m1/s1. The van der Waals surface area contributed by atoms with Crippen LogP contribution in [0.1, 0.15) is 24.2 Å². The van der Waals surface area contributed by atoms with E-state index in [1.807, 2.05) is 7.05 Å². The molecule has 2 aromatic rings. The van der Waals surface area contributed by atoms with E-state index in [2.05, 4.69) is 29.4 Å². The van der Waals surface area contributed by atoms with Gasteiger partial charge in [0.25, 0.3) is 5.91 Å². The summed E-state index contributed by atoms with van der Waals surface area (Å²) in [7, 11) is 5.43. The number of para-hydroxylation sites is 1. The van der Waals surface area contributed by atoms with Gasteiger partial charge in [0.15, 0.2) is 0 Å². The normalized spacial score (nSPS) is 22.1. The number of likely N-dealkylation sites (N-methyl/N-ethyl adjacent to an activating group) is 2. The van der Waals surface area contributed by atoms with Gasteiger partial charge in [0.2, 0.25) is 0 Å². The first-order chi connectivity index (χ1) is 16.2. The zero-order chi connectivity index (χ0) is 24.8. The number of anilines is 2. The molecule has 0 unspecified atom stereocenters. The molecule has 0 saturated heterocycles. The quantitative estimate of drug-likeness (QED) is 0.708. The largest absolute Gasteiger partial charge is 0.491 e. The molecule has 3 rings (SSSR count). The molecule has 8 nitrogen and oxygen atoms in total. The molecule has 2 aromatic carbocycles. The van der Waals surface area contributed by atoms with E-state index in [-0.39, 0.29) is 29.7 Å². The van der Waals surface area contributed by atoms with Gasteiger partial charge in [-0.25, -0.2) is 9.18 Å². The summed E-state index contributed by atoms with van der Waals surface area (Å²) in [5.74, 6) is -0.156. The van der Waals surface area contributed by atoms with E-state index in [4.69, 9.17) is 9.47 Å². The van der Waals surface area contributed by atoms with Gasteiger partial charge in [-0.1, -0.05) is 19.1 Å². The third-order valence-electron chi connectivity index (χ3n) is 6.14. The Hall–Kier alpha value is -3.17. The molecule has 1 heterocycles. The maximum atomic E-state index is 13.8. The zero-order valence-electron chi connectivity index (χ0n) is 20.3. The van der Waals surface area contributed by atoms with Crippen molar-refractivity contribution in [3.05, 3.63) is 53.8 Å². The number of hydrogen-bond acceptors (Lipinski definition) is 5. The number of rotatable bonds is 3. The van der Waals surface area contributed by atoms with Crippen molar-refractivity contribution in [3.8, 4) is 5.75 Å². The van der Waals surface area contributed by atoms with Crippen LogP contribution in [0, 0.1) is 11.7 Å². The van der Waals surface area contributed by atoms with Crippen LogP contribution in [0.4, 0.5) is 20.6 Å². The van der Waals surface area contributed by atoms with Gasteiger partial charge in [-0.3, -0.25) is 9.69 Å². The van der Waals surface area contributed by atoms with Crippen LogP contribution in [-0.4, -0.2) is 74.8 Å². The monoisotopic (exact) mass is 472 g/mol. The van der Waals surface area contributed by atoms with Crippen LogP contribution in [0.5, 0.6) is 5.75 Å². The van der Waals surface area contributed by atoms with Crippen LogP contribution >= 0.6 is 0 Å². The Balaban J connectivity index is 1.84. The van der Waals surface area contributed by atoms with E-state index in [0.29, 0.717) is 30.2 Å². The molecule has 3 amide bonds. The minimum Gasteiger partial charge on any atom is -0.491 e. The first-order valence-electron chi connectivity index (χ1n) is 11.3. The minimum absolute atomic E-state index is 0.0677. The molecule has 0 spiro atoms. The molecule has 0 aromatic heterocycles. The SMILES string of the molecule is CO[C@@H]1CN(C)C(=O)c2ccc(NC(=O)Nc3ccccc3F)cc2OC[C@H](C)N(C)C[C@H]1C. The highest BCUT2D eigenvalue weighted by Gasteiger charge is 2.27. The molecule has 0 fully saturated rings. The van der Waals surface area contributed by atoms with Crippen molar-refractivity contribution in [1.29, 1.82) is 0 Å². The second kappa shape index (κ2) is 11.3. The van der Waals surface area contributed by atoms with Gasteiger partial charge in [0, 0.05) is 45.0 Å². The molecule has 1 aliphatic heterocycles. The van der Waals surface area contributed by atoms with Gasteiger partial charge in [-0.2, -0.15) is 0 Å². The van der Waals surface area contributed by atoms with Crippen molar-refractivity contribution in [2.24, 2.45) is 5.92 Å². The Morgan fingerprint density at radius 2 is 1.85 bits per heavy atom. The summed E-state index contributed by atoms with van der Waals surface area (Å²) < 4.78 is 25.6. The number of benzene rings is 2. The summed E-state index contributed by atoms with van der Waals surface area (Å²) >= 11 is 0. The van der Waals surface area contributed by atoms with Crippen molar-refractivity contribution >= 4 is 23.3 Å². The first kappa shape index (κ1) is 25.5. The lowest BCUT2D eigenvalue weighted by Gasteiger charge is -2.34. The fourth-order valence-electron chi connectivity index (χ4n) is 3.88. The van der Waals surface area contributed by atoms with E-state index < -0.39 is 11.8 Å². The van der Waals surface area contributed by atoms with Gasteiger partial charge in [-0.05, 0) is 44.2 Å². The number of halogens is 1. The lowest BCUT2D eigenvalue weighted by Crippen LogP contribution is -2.45. The van der Waals surface area contributed by atoms with Crippen molar-refractivity contribution < 1.29 is 23.5 Å². The average Bonchev–Trinajstić information content (AvgIpc) is 2.81. The van der Waals surface area contributed by atoms with Crippen LogP contribution in [0.25, 0.3) is 0 Å². The molecule has 0 bridgehead atoms. The number of methoxy groups -OCH3 is 1. The summed E-state index contributed by atoms with van der Waals surface area (Å²) in [5, 5.41) is 5.15. The number of hydrogen-bond donors (Lipinski definition) is 2. The highest BCUT2D eigenvalue weighted by atomic mass is 19.1. The molecule has 2 N–H and O–H groups in total. The Morgan fingerprint density at radius 3 is 2.56 bits per heavy atom. The van der Waals surface area contributed by atoms with Gasteiger partial charge < -0.3 is 25.0 Å². The van der Waals surface area contributed by atoms with E-state index in [1.54, 1.807) is 49.4 Å². The van der Waals surface area contributed by atoms with Crippen LogP contribution in [0.15, 0.2) is 42.5 Å². The van der Waals surface area contributed by atoms with E-state index in [9.17, 15) is 14.0 Å². The van der Waals surface area contributed by atoms with Gasteiger partial charge in [0.1, 0.15) is 18.2 Å². The first-order valence-corrected chi connectivity index (χ1v) is 11.3. The predicted octanol–water partition coefficient (Wildman–Crippen LogP) is 3.91. The van der Waals surface area contributed by atoms with E-state index in [1.165, 1.54) is 12.1 Å². The van der Waals surface area contributed by atoms with E-state index >= 15 is 0 Å². The van der Waals surface area contributed by atoms with Crippen molar-refractivity contribution in [2.75, 3.05) is 51.5 Å². The molecule has 0 aliphatic carbocycles. The van der Waals surface area contributed by atoms with Crippen molar-refractivity contribution in [2.45, 2.75) is 26.0 Å². The second-order valence-corrected chi connectivity index (χ2v) is 8.81. The fraction of sp³-hybridized carbons (Fsp3) is 0.440.